The molecule has 7 heteroatoms. The normalized spacial score (nSPS) is 11.3. The van der Waals surface area contributed by atoms with Crippen molar-refractivity contribution in [1.82, 2.24) is 15.1 Å². The predicted octanol–water partition coefficient (Wildman–Crippen LogP) is 2.73. The third kappa shape index (κ3) is 5.05. The molecule has 0 aliphatic heterocycles. The Labute approximate surface area is 135 Å². The van der Waals surface area contributed by atoms with Gasteiger partial charge in [-0.2, -0.15) is 4.98 Å². The molecule has 23 heavy (non-hydrogen) atoms. The van der Waals surface area contributed by atoms with Gasteiger partial charge in [-0.1, -0.05) is 25.9 Å². The maximum absolute atomic E-state index is 11.9. The molecule has 0 fully saturated rings. The predicted molar refractivity (Wildman–Crippen MR) is 85.4 cm³/mol. The van der Waals surface area contributed by atoms with Gasteiger partial charge in [-0.25, -0.2) is 4.98 Å². The Kier molecular flexibility index (Phi) is 5.31. The zero-order chi connectivity index (χ0) is 16.9. The van der Waals surface area contributed by atoms with E-state index in [2.05, 4.69) is 20.4 Å². The van der Waals surface area contributed by atoms with Crippen LogP contribution < -0.4 is 10.1 Å². The van der Waals surface area contributed by atoms with Crippen LogP contribution in [0.2, 0.25) is 0 Å². The van der Waals surface area contributed by atoms with Gasteiger partial charge in [0, 0.05) is 24.3 Å². The maximum Gasteiger partial charge on any atom is 0.226 e. The Balaban J connectivity index is 1.77. The van der Waals surface area contributed by atoms with Gasteiger partial charge in [0.15, 0.2) is 5.82 Å². The minimum Gasteiger partial charge on any atom is -0.481 e. The smallest absolute Gasteiger partial charge is 0.226 e. The first kappa shape index (κ1) is 16.9. The molecule has 1 N–H and O–H groups in total. The number of anilines is 1. The minimum atomic E-state index is -0.138. The van der Waals surface area contributed by atoms with Gasteiger partial charge in [0.05, 0.1) is 19.0 Å². The summed E-state index contributed by atoms with van der Waals surface area (Å²) in [6.07, 6.45) is 3.15. The fourth-order valence-corrected chi connectivity index (χ4v) is 1.86. The van der Waals surface area contributed by atoms with Crippen LogP contribution in [0.15, 0.2) is 22.9 Å². The van der Waals surface area contributed by atoms with Crippen LogP contribution in [0.25, 0.3) is 0 Å². The molecule has 2 aromatic rings. The van der Waals surface area contributed by atoms with E-state index < -0.39 is 0 Å². The van der Waals surface area contributed by atoms with Crippen molar-refractivity contribution in [2.75, 3.05) is 12.4 Å². The van der Waals surface area contributed by atoms with Crippen LogP contribution in [0.1, 0.15) is 45.3 Å². The number of hydrogen-bond donors (Lipinski definition) is 1. The van der Waals surface area contributed by atoms with Gasteiger partial charge in [0.1, 0.15) is 0 Å². The summed E-state index contributed by atoms with van der Waals surface area (Å²) in [5, 5.41) is 6.75. The number of nitrogens with one attached hydrogen (secondary N) is 1. The van der Waals surface area contributed by atoms with Gasteiger partial charge in [0.25, 0.3) is 0 Å². The van der Waals surface area contributed by atoms with Crippen molar-refractivity contribution in [2.45, 2.75) is 45.4 Å². The minimum absolute atomic E-state index is 0.0764. The number of carbonyl (C=O) groups excluding carboxylic acids is 1. The van der Waals surface area contributed by atoms with Crippen molar-refractivity contribution < 1.29 is 14.1 Å². The molecule has 0 atom stereocenters. The monoisotopic (exact) mass is 318 g/mol. The highest BCUT2D eigenvalue weighted by Crippen LogP contribution is 2.19. The number of rotatable bonds is 6. The van der Waals surface area contributed by atoms with Crippen LogP contribution in [0, 0.1) is 0 Å². The van der Waals surface area contributed by atoms with Crippen molar-refractivity contribution in [3.8, 4) is 5.88 Å². The van der Waals surface area contributed by atoms with Gasteiger partial charge in [-0.05, 0) is 12.5 Å². The number of pyridine rings is 1. The number of nitrogens with zero attached hydrogens (tertiary/aromatic N) is 3. The Morgan fingerprint density at radius 2 is 2.13 bits per heavy atom. The second-order valence-electron chi connectivity index (χ2n) is 6.25. The number of hydrogen-bond acceptors (Lipinski definition) is 6. The molecule has 0 unspecified atom stereocenters. The zero-order valence-electron chi connectivity index (χ0n) is 13.9. The first-order valence-electron chi connectivity index (χ1n) is 7.51. The van der Waals surface area contributed by atoms with E-state index in [1.165, 1.54) is 0 Å². The van der Waals surface area contributed by atoms with Gasteiger partial charge >= 0.3 is 0 Å². The molecular weight excluding hydrogens is 296 g/mol. The molecule has 0 aliphatic carbocycles. The van der Waals surface area contributed by atoms with Crippen molar-refractivity contribution in [3.63, 3.8) is 0 Å². The molecule has 124 valence electrons. The summed E-state index contributed by atoms with van der Waals surface area (Å²) in [7, 11) is 1.54. The van der Waals surface area contributed by atoms with E-state index in [0.29, 0.717) is 42.5 Å². The first-order chi connectivity index (χ1) is 10.9. The lowest BCUT2D eigenvalue weighted by molar-refractivity contribution is -0.116. The molecule has 2 aromatic heterocycles. The van der Waals surface area contributed by atoms with Crippen molar-refractivity contribution in [2.24, 2.45) is 0 Å². The molecule has 0 radical (unpaired) electrons. The number of carbonyl (C=O) groups is 1. The molecule has 2 rings (SSSR count). The number of methoxy groups -OCH3 is 1. The van der Waals surface area contributed by atoms with Gasteiger partial charge in [0.2, 0.25) is 17.7 Å². The summed E-state index contributed by atoms with van der Waals surface area (Å²) in [6.45, 7) is 6.08. The standard InChI is InChI=1S/C16H22N4O3/c1-16(2,3)15-19-14(23-20-15)7-5-6-12(21)18-11-8-9-13(22-4)17-10-11/h8-10H,5-7H2,1-4H3,(H,18,21). The highest BCUT2D eigenvalue weighted by Gasteiger charge is 2.20. The van der Waals surface area contributed by atoms with Crippen LogP contribution in [-0.4, -0.2) is 28.1 Å². The number of aryl methyl sites for hydroxylation is 1. The number of ether oxygens (including phenoxy) is 1. The van der Waals surface area contributed by atoms with E-state index in [1.54, 1.807) is 25.4 Å². The van der Waals surface area contributed by atoms with E-state index in [1.807, 2.05) is 20.8 Å². The Bertz CT molecular complexity index is 644. The highest BCUT2D eigenvalue weighted by atomic mass is 16.5. The summed E-state index contributed by atoms with van der Waals surface area (Å²) in [5.74, 6) is 1.68. The molecule has 7 nitrogen and oxygen atoms in total. The SMILES string of the molecule is COc1ccc(NC(=O)CCCc2nc(C(C)(C)C)no2)cn1. The summed E-state index contributed by atoms with van der Waals surface area (Å²) in [6, 6.07) is 3.44. The molecule has 0 aromatic carbocycles. The van der Waals surface area contributed by atoms with Crippen LogP contribution in [-0.2, 0) is 16.6 Å². The maximum atomic E-state index is 11.9. The van der Waals surface area contributed by atoms with Gasteiger partial charge < -0.3 is 14.6 Å². The molecule has 0 spiro atoms. The summed E-state index contributed by atoms with van der Waals surface area (Å²) in [4.78, 5) is 20.3. The molecule has 0 bridgehead atoms. The van der Waals surface area contributed by atoms with Crippen LogP contribution in [0.3, 0.4) is 0 Å². The number of amides is 1. The molecule has 0 saturated carbocycles. The third-order valence-electron chi connectivity index (χ3n) is 3.16. The second-order valence-corrected chi connectivity index (χ2v) is 6.25. The average Bonchev–Trinajstić information content (AvgIpc) is 2.97. The van der Waals surface area contributed by atoms with Gasteiger partial charge in [-0.3, -0.25) is 4.79 Å². The average molecular weight is 318 g/mol. The topological polar surface area (TPSA) is 90.1 Å². The van der Waals surface area contributed by atoms with E-state index in [9.17, 15) is 4.79 Å². The lowest BCUT2D eigenvalue weighted by Gasteiger charge is -2.10. The Hall–Kier alpha value is -2.44. The van der Waals surface area contributed by atoms with Crippen LogP contribution in [0.5, 0.6) is 5.88 Å². The quantitative estimate of drug-likeness (QED) is 0.880. The van der Waals surface area contributed by atoms with E-state index >= 15 is 0 Å². The Morgan fingerprint density at radius 3 is 2.70 bits per heavy atom. The summed E-state index contributed by atoms with van der Waals surface area (Å²) < 4.78 is 10.2. The lowest BCUT2D eigenvalue weighted by Crippen LogP contribution is -2.13. The largest absolute Gasteiger partial charge is 0.481 e. The molecule has 0 aliphatic rings. The Morgan fingerprint density at radius 1 is 1.35 bits per heavy atom. The fraction of sp³-hybridized carbons (Fsp3) is 0.500. The third-order valence-corrected chi connectivity index (χ3v) is 3.16. The fourth-order valence-electron chi connectivity index (χ4n) is 1.86. The molecule has 2 heterocycles. The van der Waals surface area contributed by atoms with Crippen molar-refractivity contribution in [3.05, 3.63) is 30.0 Å². The van der Waals surface area contributed by atoms with Crippen LogP contribution in [0.4, 0.5) is 5.69 Å². The lowest BCUT2D eigenvalue weighted by atomic mass is 9.96. The van der Waals surface area contributed by atoms with E-state index in [-0.39, 0.29) is 11.3 Å². The van der Waals surface area contributed by atoms with Crippen molar-refractivity contribution in [1.29, 1.82) is 0 Å². The molecular formula is C16H22N4O3. The summed E-state index contributed by atoms with van der Waals surface area (Å²) in [5.41, 5.74) is 0.504. The van der Waals surface area contributed by atoms with E-state index in [0.717, 1.165) is 0 Å². The first-order valence-corrected chi connectivity index (χ1v) is 7.51. The number of aromatic nitrogens is 3. The molecule has 0 saturated heterocycles. The molecule has 1 amide bonds. The van der Waals surface area contributed by atoms with Crippen LogP contribution >= 0.6 is 0 Å². The van der Waals surface area contributed by atoms with Crippen molar-refractivity contribution >= 4 is 11.6 Å². The zero-order valence-corrected chi connectivity index (χ0v) is 13.9. The highest BCUT2D eigenvalue weighted by molar-refractivity contribution is 5.90. The van der Waals surface area contributed by atoms with Gasteiger partial charge in [-0.15, -0.1) is 0 Å². The summed E-state index contributed by atoms with van der Waals surface area (Å²) >= 11 is 0. The second kappa shape index (κ2) is 7.21. The van der Waals surface area contributed by atoms with E-state index in [4.69, 9.17) is 9.26 Å².